The molecule has 7 nitrogen and oxygen atoms in total. The summed E-state index contributed by atoms with van der Waals surface area (Å²) >= 11 is 0. The largest absolute Gasteiger partial charge is 0.462 e. The van der Waals surface area contributed by atoms with Crippen molar-refractivity contribution in [3.05, 3.63) is 82.2 Å². The van der Waals surface area contributed by atoms with Gasteiger partial charge in [0.1, 0.15) is 22.9 Å². The minimum atomic E-state index is -0.917. The maximum absolute atomic E-state index is 14.4. The van der Waals surface area contributed by atoms with Crippen LogP contribution in [0.15, 0.2) is 42.5 Å². The van der Waals surface area contributed by atoms with Crippen molar-refractivity contribution >= 4 is 18.2 Å². The first-order chi connectivity index (χ1) is 16.2. The Hall–Kier alpha value is -4.01. The van der Waals surface area contributed by atoms with Crippen LogP contribution < -0.4 is 0 Å². The van der Waals surface area contributed by atoms with E-state index in [1.807, 2.05) is 0 Å². The molecular formula is C25H22F2N2O5. The molecule has 0 saturated carbocycles. The number of carbonyl (C=O) groups excluding carboxylic acids is 3. The van der Waals surface area contributed by atoms with E-state index < -0.39 is 29.1 Å². The van der Waals surface area contributed by atoms with Crippen LogP contribution >= 0.6 is 0 Å². The van der Waals surface area contributed by atoms with Crippen LogP contribution in [0.4, 0.5) is 8.78 Å². The summed E-state index contributed by atoms with van der Waals surface area (Å²) in [6.45, 7) is 5.10. The lowest BCUT2D eigenvalue weighted by molar-refractivity contribution is 0.0377. The molecule has 0 N–H and O–H groups in total. The van der Waals surface area contributed by atoms with Gasteiger partial charge in [-0.3, -0.25) is 4.79 Å². The SMILES string of the molecule is CCOC(=O)c1c(C=O)nc(-c2c(F)cccc2F)nc1Cc1ccc(C(=O)OC(C)C)cc1. The highest BCUT2D eigenvalue weighted by molar-refractivity contribution is 5.98. The summed E-state index contributed by atoms with van der Waals surface area (Å²) in [5, 5.41) is 0. The summed E-state index contributed by atoms with van der Waals surface area (Å²) in [5.74, 6) is -3.54. The molecule has 1 aromatic heterocycles. The molecule has 176 valence electrons. The Morgan fingerprint density at radius 2 is 1.65 bits per heavy atom. The number of nitrogens with zero attached hydrogens (tertiary/aromatic N) is 2. The molecule has 0 radical (unpaired) electrons. The number of carbonyl (C=O) groups is 3. The van der Waals surface area contributed by atoms with Gasteiger partial charge in [-0.05, 0) is 50.6 Å². The van der Waals surface area contributed by atoms with Crippen LogP contribution in [-0.2, 0) is 15.9 Å². The Kier molecular flexibility index (Phi) is 7.78. The zero-order valence-electron chi connectivity index (χ0n) is 18.8. The van der Waals surface area contributed by atoms with Crippen LogP contribution in [0.25, 0.3) is 11.4 Å². The smallest absolute Gasteiger partial charge is 0.342 e. The number of rotatable bonds is 8. The molecule has 0 unspecified atom stereocenters. The Bertz CT molecular complexity index is 1210. The van der Waals surface area contributed by atoms with E-state index in [1.54, 1.807) is 45.0 Å². The molecular weight excluding hydrogens is 446 g/mol. The summed E-state index contributed by atoms with van der Waals surface area (Å²) in [6, 6.07) is 9.60. The van der Waals surface area contributed by atoms with Gasteiger partial charge < -0.3 is 9.47 Å². The summed E-state index contributed by atoms with van der Waals surface area (Å²) in [6.07, 6.45) is 0.0319. The standard InChI is InChI=1S/C25H22F2N2O5/c1-4-33-25(32)22-19(12-15-8-10-16(11-9-15)24(31)34-14(2)3)28-23(29-20(22)13-30)21-17(26)6-5-7-18(21)27/h5-11,13-14H,4,12H2,1-3H3. The lowest BCUT2D eigenvalue weighted by Gasteiger charge is -2.13. The van der Waals surface area contributed by atoms with Crippen molar-refractivity contribution < 1.29 is 32.6 Å². The van der Waals surface area contributed by atoms with Gasteiger partial charge in [-0.25, -0.2) is 28.3 Å². The fraction of sp³-hybridized carbons (Fsp3) is 0.240. The molecule has 0 aliphatic heterocycles. The zero-order chi connectivity index (χ0) is 24.8. The Morgan fingerprint density at radius 1 is 1.00 bits per heavy atom. The van der Waals surface area contributed by atoms with Gasteiger partial charge in [0.25, 0.3) is 0 Å². The second kappa shape index (κ2) is 10.7. The Balaban J connectivity index is 2.09. The second-order valence-electron chi connectivity index (χ2n) is 7.52. The average molecular weight is 468 g/mol. The Labute approximate surface area is 194 Å². The highest BCUT2D eigenvalue weighted by Crippen LogP contribution is 2.26. The number of ether oxygens (including phenoxy) is 2. The predicted octanol–water partition coefficient (Wildman–Crippen LogP) is 4.57. The van der Waals surface area contributed by atoms with E-state index in [4.69, 9.17) is 9.47 Å². The first-order valence-corrected chi connectivity index (χ1v) is 10.5. The van der Waals surface area contributed by atoms with Crippen molar-refractivity contribution in [2.75, 3.05) is 6.61 Å². The van der Waals surface area contributed by atoms with Crippen molar-refractivity contribution in [2.24, 2.45) is 0 Å². The van der Waals surface area contributed by atoms with E-state index in [0.29, 0.717) is 17.4 Å². The van der Waals surface area contributed by atoms with Crippen molar-refractivity contribution in [2.45, 2.75) is 33.3 Å². The first kappa shape index (κ1) is 24.6. The van der Waals surface area contributed by atoms with E-state index >= 15 is 0 Å². The minimum Gasteiger partial charge on any atom is -0.462 e. The zero-order valence-corrected chi connectivity index (χ0v) is 18.8. The van der Waals surface area contributed by atoms with Gasteiger partial charge in [-0.2, -0.15) is 0 Å². The highest BCUT2D eigenvalue weighted by Gasteiger charge is 2.25. The molecule has 34 heavy (non-hydrogen) atoms. The normalized spacial score (nSPS) is 10.8. The molecule has 3 rings (SSSR count). The summed E-state index contributed by atoms with van der Waals surface area (Å²) < 4.78 is 39.0. The third kappa shape index (κ3) is 5.48. The number of esters is 2. The maximum Gasteiger partial charge on any atom is 0.342 e. The molecule has 0 aliphatic carbocycles. The quantitative estimate of drug-likeness (QED) is 0.353. The molecule has 0 fully saturated rings. The van der Waals surface area contributed by atoms with Crippen LogP contribution in [0.3, 0.4) is 0 Å². The second-order valence-corrected chi connectivity index (χ2v) is 7.52. The molecule has 0 saturated heterocycles. The van der Waals surface area contributed by atoms with Gasteiger partial charge in [-0.15, -0.1) is 0 Å². The number of aromatic nitrogens is 2. The monoisotopic (exact) mass is 468 g/mol. The third-order valence-corrected chi connectivity index (χ3v) is 4.69. The number of halogens is 2. The van der Waals surface area contributed by atoms with Crippen LogP contribution in [-0.4, -0.2) is 40.9 Å². The maximum atomic E-state index is 14.4. The fourth-order valence-electron chi connectivity index (χ4n) is 3.22. The van der Waals surface area contributed by atoms with Gasteiger partial charge in [0.15, 0.2) is 12.1 Å². The van der Waals surface area contributed by atoms with Crippen molar-refractivity contribution in [3.63, 3.8) is 0 Å². The van der Waals surface area contributed by atoms with Crippen LogP contribution in [0.2, 0.25) is 0 Å². The van der Waals surface area contributed by atoms with Crippen molar-refractivity contribution in [1.82, 2.24) is 9.97 Å². The topological polar surface area (TPSA) is 95.5 Å². The van der Waals surface area contributed by atoms with Gasteiger partial charge in [-0.1, -0.05) is 18.2 Å². The van der Waals surface area contributed by atoms with E-state index in [1.165, 1.54) is 6.07 Å². The van der Waals surface area contributed by atoms with Gasteiger partial charge in [0.05, 0.1) is 29.5 Å². The third-order valence-electron chi connectivity index (χ3n) is 4.69. The van der Waals surface area contributed by atoms with Gasteiger partial charge >= 0.3 is 11.9 Å². The molecule has 0 atom stereocenters. The number of benzene rings is 2. The van der Waals surface area contributed by atoms with Crippen LogP contribution in [0.1, 0.15) is 63.2 Å². The average Bonchev–Trinajstić information content (AvgIpc) is 2.78. The minimum absolute atomic E-state index is 0.0000868. The summed E-state index contributed by atoms with van der Waals surface area (Å²) in [5.41, 5.74) is -0.0748. The number of hydrogen-bond acceptors (Lipinski definition) is 7. The number of aldehydes is 1. The van der Waals surface area contributed by atoms with Crippen LogP contribution in [0.5, 0.6) is 0 Å². The van der Waals surface area contributed by atoms with E-state index in [9.17, 15) is 23.2 Å². The lowest BCUT2D eigenvalue weighted by atomic mass is 10.0. The van der Waals surface area contributed by atoms with Gasteiger partial charge in [0.2, 0.25) is 0 Å². The number of hydrogen-bond donors (Lipinski definition) is 0. The van der Waals surface area contributed by atoms with E-state index in [2.05, 4.69) is 9.97 Å². The molecule has 3 aromatic rings. The molecule has 0 amide bonds. The van der Waals surface area contributed by atoms with Gasteiger partial charge in [0, 0.05) is 6.42 Å². The highest BCUT2D eigenvalue weighted by atomic mass is 19.1. The summed E-state index contributed by atoms with van der Waals surface area (Å²) in [7, 11) is 0. The van der Waals surface area contributed by atoms with Crippen LogP contribution in [0, 0.1) is 11.6 Å². The fourth-order valence-corrected chi connectivity index (χ4v) is 3.22. The lowest BCUT2D eigenvalue weighted by Crippen LogP contribution is -2.16. The first-order valence-electron chi connectivity index (χ1n) is 10.5. The summed E-state index contributed by atoms with van der Waals surface area (Å²) in [4.78, 5) is 44.6. The van der Waals surface area contributed by atoms with E-state index in [-0.39, 0.29) is 41.9 Å². The Morgan fingerprint density at radius 3 is 2.21 bits per heavy atom. The molecule has 2 aromatic carbocycles. The van der Waals surface area contributed by atoms with Crippen molar-refractivity contribution in [1.29, 1.82) is 0 Å². The predicted molar refractivity (Wildman–Crippen MR) is 119 cm³/mol. The molecule has 1 heterocycles. The van der Waals surface area contributed by atoms with E-state index in [0.717, 1.165) is 12.1 Å². The van der Waals surface area contributed by atoms with Crippen molar-refractivity contribution in [3.8, 4) is 11.4 Å². The molecule has 9 heteroatoms. The molecule has 0 bridgehead atoms. The molecule has 0 spiro atoms. The molecule has 0 aliphatic rings.